The van der Waals surface area contributed by atoms with E-state index in [4.69, 9.17) is 4.74 Å². The SMILES string of the molecule is COc1nc(C(C)(C)C)cn1C(=O)NC1CCCC(F)(F)C1. The van der Waals surface area contributed by atoms with Crippen LogP contribution in [0.15, 0.2) is 6.20 Å². The maximum Gasteiger partial charge on any atom is 0.329 e. The molecule has 2 rings (SSSR count). The first-order chi connectivity index (χ1) is 10.1. The minimum Gasteiger partial charge on any atom is -0.468 e. The second-order valence-corrected chi connectivity index (χ2v) is 6.83. The summed E-state index contributed by atoms with van der Waals surface area (Å²) in [7, 11) is 1.42. The van der Waals surface area contributed by atoms with E-state index in [9.17, 15) is 13.6 Å². The lowest BCUT2D eigenvalue weighted by Gasteiger charge is -2.29. The quantitative estimate of drug-likeness (QED) is 0.911. The van der Waals surface area contributed by atoms with Gasteiger partial charge in [0.25, 0.3) is 0 Å². The average Bonchev–Trinajstić information content (AvgIpc) is 2.81. The van der Waals surface area contributed by atoms with Crippen LogP contribution < -0.4 is 10.1 Å². The van der Waals surface area contributed by atoms with Gasteiger partial charge in [-0.25, -0.2) is 18.1 Å². The van der Waals surface area contributed by atoms with Gasteiger partial charge in [0, 0.05) is 30.5 Å². The Morgan fingerprint density at radius 3 is 2.73 bits per heavy atom. The molecular weight excluding hydrogens is 292 g/mol. The van der Waals surface area contributed by atoms with E-state index in [1.807, 2.05) is 20.8 Å². The average molecular weight is 315 g/mol. The number of nitrogens with one attached hydrogen (secondary N) is 1. The fraction of sp³-hybridized carbons (Fsp3) is 0.733. The third-order valence-corrected chi connectivity index (χ3v) is 3.81. The first-order valence-corrected chi connectivity index (χ1v) is 7.45. The number of hydrogen-bond donors (Lipinski definition) is 1. The number of aromatic nitrogens is 2. The fourth-order valence-corrected chi connectivity index (χ4v) is 2.55. The van der Waals surface area contributed by atoms with Gasteiger partial charge >= 0.3 is 12.0 Å². The Morgan fingerprint density at radius 1 is 1.50 bits per heavy atom. The van der Waals surface area contributed by atoms with Gasteiger partial charge in [-0.1, -0.05) is 20.8 Å². The van der Waals surface area contributed by atoms with Gasteiger partial charge in [0.1, 0.15) is 0 Å². The van der Waals surface area contributed by atoms with Crippen molar-refractivity contribution in [3.63, 3.8) is 0 Å². The Labute approximate surface area is 129 Å². The van der Waals surface area contributed by atoms with Crippen LogP contribution in [-0.4, -0.2) is 34.7 Å². The lowest BCUT2D eigenvalue weighted by Crippen LogP contribution is -2.43. The molecule has 1 aromatic rings. The molecule has 1 heterocycles. The maximum absolute atomic E-state index is 13.4. The van der Waals surface area contributed by atoms with Crippen molar-refractivity contribution >= 4 is 6.03 Å². The standard InChI is InChI=1S/C15H23F2N3O2/c1-14(2,3)11-9-20(13(19-11)22-4)12(21)18-10-6-5-7-15(16,17)8-10/h9-10H,5-8H2,1-4H3,(H,18,21). The molecule has 0 aromatic carbocycles. The lowest BCUT2D eigenvalue weighted by molar-refractivity contribution is -0.0425. The van der Waals surface area contributed by atoms with Crippen molar-refractivity contribution in [2.75, 3.05) is 7.11 Å². The van der Waals surface area contributed by atoms with Crippen molar-refractivity contribution in [2.45, 2.75) is 63.8 Å². The third kappa shape index (κ3) is 3.75. The molecule has 22 heavy (non-hydrogen) atoms. The van der Waals surface area contributed by atoms with Gasteiger partial charge in [0.05, 0.1) is 12.8 Å². The minimum atomic E-state index is -2.70. The number of ether oxygens (including phenoxy) is 1. The van der Waals surface area contributed by atoms with Gasteiger partial charge in [-0.05, 0) is 12.8 Å². The first-order valence-electron chi connectivity index (χ1n) is 7.45. The van der Waals surface area contributed by atoms with E-state index >= 15 is 0 Å². The Morgan fingerprint density at radius 2 is 2.18 bits per heavy atom. The van der Waals surface area contributed by atoms with Crippen LogP contribution in [0.5, 0.6) is 6.01 Å². The van der Waals surface area contributed by atoms with Crippen LogP contribution in [0, 0.1) is 0 Å². The number of rotatable bonds is 2. The zero-order valence-corrected chi connectivity index (χ0v) is 13.4. The van der Waals surface area contributed by atoms with Gasteiger partial charge in [-0.3, -0.25) is 0 Å². The predicted octanol–water partition coefficient (Wildman–Crippen LogP) is 3.32. The number of imidazole rings is 1. The summed E-state index contributed by atoms with van der Waals surface area (Å²) < 4.78 is 33.2. The minimum absolute atomic E-state index is 0.109. The third-order valence-electron chi connectivity index (χ3n) is 3.81. The summed E-state index contributed by atoms with van der Waals surface area (Å²) >= 11 is 0. The van der Waals surface area contributed by atoms with Crippen LogP contribution >= 0.6 is 0 Å². The van der Waals surface area contributed by atoms with Crippen molar-refractivity contribution in [3.8, 4) is 6.01 Å². The maximum atomic E-state index is 13.4. The summed E-state index contributed by atoms with van der Waals surface area (Å²) in [5, 5.41) is 2.65. The number of amides is 1. The van der Waals surface area contributed by atoms with E-state index in [2.05, 4.69) is 10.3 Å². The number of halogens is 2. The number of hydrogen-bond acceptors (Lipinski definition) is 3. The topological polar surface area (TPSA) is 56.2 Å². The van der Waals surface area contributed by atoms with Crippen LogP contribution in [0.25, 0.3) is 0 Å². The molecule has 124 valence electrons. The molecular formula is C15H23F2N3O2. The Balaban J connectivity index is 2.14. The van der Waals surface area contributed by atoms with Crippen LogP contribution in [-0.2, 0) is 5.41 Å². The Bertz CT molecular complexity index is 549. The highest BCUT2D eigenvalue weighted by molar-refractivity contribution is 5.78. The van der Waals surface area contributed by atoms with Gasteiger partial charge in [-0.2, -0.15) is 4.98 Å². The van der Waals surface area contributed by atoms with E-state index in [1.54, 1.807) is 6.20 Å². The highest BCUT2D eigenvalue weighted by atomic mass is 19.3. The van der Waals surface area contributed by atoms with Crippen molar-refractivity contribution in [1.29, 1.82) is 0 Å². The molecule has 5 nitrogen and oxygen atoms in total. The Hall–Kier alpha value is -1.66. The lowest BCUT2D eigenvalue weighted by atomic mass is 9.92. The van der Waals surface area contributed by atoms with Gasteiger partial charge in [-0.15, -0.1) is 0 Å². The monoisotopic (exact) mass is 315 g/mol. The van der Waals surface area contributed by atoms with E-state index in [0.717, 1.165) is 0 Å². The predicted molar refractivity (Wildman–Crippen MR) is 78.6 cm³/mol. The highest BCUT2D eigenvalue weighted by Gasteiger charge is 2.37. The zero-order chi connectivity index (χ0) is 16.5. The summed E-state index contributed by atoms with van der Waals surface area (Å²) in [6.45, 7) is 5.91. The summed E-state index contributed by atoms with van der Waals surface area (Å²) in [5.41, 5.74) is 0.463. The van der Waals surface area contributed by atoms with Crippen LogP contribution in [0.3, 0.4) is 0 Å². The van der Waals surface area contributed by atoms with Gasteiger partial charge in [0.2, 0.25) is 5.92 Å². The molecule has 0 spiro atoms. The molecule has 1 saturated carbocycles. The van der Waals surface area contributed by atoms with Gasteiger partial charge < -0.3 is 10.1 Å². The molecule has 1 aliphatic rings. The second kappa shape index (κ2) is 5.85. The normalized spacial score (nSPS) is 21.5. The van der Waals surface area contributed by atoms with Crippen molar-refractivity contribution < 1.29 is 18.3 Å². The van der Waals surface area contributed by atoms with Crippen LogP contribution in [0.4, 0.5) is 13.6 Å². The van der Waals surface area contributed by atoms with Crippen LogP contribution in [0.1, 0.15) is 52.1 Å². The molecule has 1 fully saturated rings. The number of alkyl halides is 2. The molecule has 1 amide bonds. The van der Waals surface area contributed by atoms with E-state index in [0.29, 0.717) is 18.5 Å². The summed E-state index contributed by atoms with van der Waals surface area (Å²) in [6.07, 6.45) is 2.13. The number of methoxy groups -OCH3 is 1. The largest absolute Gasteiger partial charge is 0.468 e. The number of carbonyl (C=O) groups excluding carboxylic acids is 1. The Kier molecular flexibility index (Phi) is 4.44. The zero-order valence-electron chi connectivity index (χ0n) is 13.4. The van der Waals surface area contributed by atoms with Gasteiger partial charge in [0.15, 0.2) is 0 Å². The number of carbonyl (C=O) groups is 1. The van der Waals surface area contributed by atoms with Crippen molar-refractivity contribution in [3.05, 3.63) is 11.9 Å². The highest BCUT2D eigenvalue weighted by Crippen LogP contribution is 2.33. The van der Waals surface area contributed by atoms with E-state index in [1.165, 1.54) is 11.7 Å². The molecule has 1 aliphatic carbocycles. The smallest absolute Gasteiger partial charge is 0.329 e. The van der Waals surface area contributed by atoms with E-state index in [-0.39, 0.29) is 24.3 Å². The molecule has 0 radical (unpaired) electrons. The van der Waals surface area contributed by atoms with Crippen molar-refractivity contribution in [2.24, 2.45) is 0 Å². The molecule has 1 unspecified atom stereocenters. The molecule has 0 saturated heterocycles. The summed E-state index contributed by atoms with van der Waals surface area (Å²) in [5.74, 6) is -2.70. The van der Waals surface area contributed by atoms with Crippen molar-refractivity contribution in [1.82, 2.24) is 14.9 Å². The fourth-order valence-electron chi connectivity index (χ4n) is 2.55. The summed E-state index contributed by atoms with van der Waals surface area (Å²) in [4.78, 5) is 16.6. The van der Waals surface area contributed by atoms with Crippen LogP contribution in [0.2, 0.25) is 0 Å². The number of nitrogens with zero attached hydrogens (tertiary/aromatic N) is 2. The molecule has 0 aliphatic heterocycles. The molecule has 1 N–H and O–H groups in total. The second-order valence-electron chi connectivity index (χ2n) is 6.83. The summed E-state index contributed by atoms with van der Waals surface area (Å²) in [6, 6.07) is -0.853. The first kappa shape index (κ1) is 16.7. The van der Waals surface area contributed by atoms with E-state index < -0.39 is 18.0 Å². The molecule has 1 atom stereocenters. The molecule has 1 aromatic heterocycles. The molecule has 0 bridgehead atoms. The molecule has 7 heteroatoms.